The zero-order chi connectivity index (χ0) is 17.2. The summed E-state index contributed by atoms with van der Waals surface area (Å²) in [5, 5.41) is 0. The van der Waals surface area contributed by atoms with Gasteiger partial charge in [0.25, 0.3) is 0 Å². The Hall–Kier alpha value is -2.18. The molecule has 2 atom stereocenters. The van der Waals surface area contributed by atoms with E-state index >= 15 is 0 Å². The number of carbonyl (C=O) groups is 2. The van der Waals surface area contributed by atoms with Gasteiger partial charge in [-0.15, -0.1) is 0 Å². The van der Waals surface area contributed by atoms with Gasteiger partial charge in [-0.3, -0.25) is 9.59 Å². The van der Waals surface area contributed by atoms with Crippen molar-refractivity contribution in [2.24, 2.45) is 11.8 Å². The van der Waals surface area contributed by atoms with Gasteiger partial charge in [0.2, 0.25) is 17.8 Å². The highest BCUT2D eigenvalue weighted by Gasteiger charge is 2.51. The Labute approximate surface area is 148 Å². The number of likely N-dealkylation sites (tertiary alicyclic amines) is 1. The van der Waals surface area contributed by atoms with Crippen LogP contribution < -0.4 is 4.90 Å². The molecule has 0 aromatic carbocycles. The van der Waals surface area contributed by atoms with Crippen molar-refractivity contribution in [3.63, 3.8) is 0 Å². The first-order valence-electron chi connectivity index (χ1n) is 9.33. The van der Waals surface area contributed by atoms with Gasteiger partial charge in [-0.25, -0.2) is 9.97 Å². The second kappa shape index (κ2) is 6.98. The van der Waals surface area contributed by atoms with Gasteiger partial charge in [0.15, 0.2) is 0 Å². The van der Waals surface area contributed by atoms with E-state index in [-0.39, 0.29) is 23.7 Å². The largest absolute Gasteiger partial charge is 0.342 e. The summed E-state index contributed by atoms with van der Waals surface area (Å²) in [5.74, 6) is 0.924. The molecule has 0 N–H and O–H groups in total. The van der Waals surface area contributed by atoms with Crippen LogP contribution in [0.5, 0.6) is 0 Å². The fourth-order valence-electron chi connectivity index (χ4n) is 3.91. The molecule has 7 nitrogen and oxygen atoms in total. The van der Waals surface area contributed by atoms with Crippen molar-refractivity contribution in [1.29, 1.82) is 0 Å². The van der Waals surface area contributed by atoms with Crippen molar-refractivity contribution in [3.05, 3.63) is 18.5 Å². The zero-order valence-corrected chi connectivity index (χ0v) is 14.5. The van der Waals surface area contributed by atoms with Gasteiger partial charge in [0, 0.05) is 51.7 Å². The minimum Gasteiger partial charge on any atom is -0.342 e. The molecule has 1 aromatic rings. The standard InChI is InChI=1S/C18H25N5O2/c24-16(21-7-2-1-3-8-21)14-13-15(14)17(25)22-9-11-23(12-10-22)18-19-5-4-6-20-18/h4-6,14-15H,1-3,7-13H2. The molecule has 3 heterocycles. The second-order valence-corrected chi connectivity index (χ2v) is 7.20. The number of piperidine rings is 1. The van der Waals surface area contributed by atoms with E-state index in [2.05, 4.69) is 14.9 Å². The van der Waals surface area contributed by atoms with Crippen molar-refractivity contribution in [1.82, 2.24) is 19.8 Å². The molecule has 2 saturated heterocycles. The van der Waals surface area contributed by atoms with Crippen LogP contribution in [-0.2, 0) is 9.59 Å². The average molecular weight is 343 g/mol. The number of piperazine rings is 1. The Bertz CT molecular complexity index is 624. The topological polar surface area (TPSA) is 69.6 Å². The van der Waals surface area contributed by atoms with Crippen LogP contribution in [0.1, 0.15) is 25.7 Å². The van der Waals surface area contributed by atoms with E-state index in [9.17, 15) is 9.59 Å². The molecule has 2 unspecified atom stereocenters. The van der Waals surface area contributed by atoms with Gasteiger partial charge in [-0.1, -0.05) is 0 Å². The number of aromatic nitrogens is 2. The van der Waals surface area contributed by atoms with Crippen molar-refractivity contribution in [2.45, 2.75) is 25.7 Å². The Kier molecular flexibility index (Phi) is 4.55. The van der Waals surface area contributed by atoms with Crippen LogP contribution in [0, 0.1) is 11.8 Å². The summed E-state index contributed by atoms with van der Waals surface area (Å²) in [5.41, 5.74) is 0. The third-order valence-corrected chi connectivity index (χ3v) is 5.52. The first-order chi connectivity index (χ1) is 12.2. The maximum absolute atomic E-state index is 12.7. The van der Waals surface area contributed by atoms with E-state index in [1.54, 1.807) is 18.5 Å². The summed E-state index contributed by atoms with van der Waals surface area (Å²) in [6.45, 7) is 4.58. The van der Waals surface area contributed by atoms with E-state index in [4.69, 9.17) is 0 Å². The number of amides is 2. The monoisotopic (exact) mass is 343 g/mol. The molecule has 3 fully saturated rings. The van der Waals surface area contributed by atoms with Crippen LogP contribution in [-0.4, -0.2) is 70.9 Å². The quantitative estimate of drug-likeness (QED) is 0.811. The predicted octanol–water partition coefficient (Wildman–Crippen LogP) is 0.774. The van der Waals surface area contributed by atoms with E-state index in [1.807, 2.05) is 9.80 Å². The molecule has 0 bridgehead atoms. The van der Waals surface area contributed by atoms with Crippen LogP contribution in [0.25, 0.3) is 0 Å². The molecule has 0 spiro atoms. The first-order valence-corrected chi connectivity index (χ1v) is 9.33. The van der Waals surface area contributed by atoms with Crippen molar-refractivity contribution in [2.75, 3.05) is 44.2 Å². The SMILES string of the molecule is O=C(C1CC1C(=O)N1CCN(c2ncccn2)CC1)N1CCCCC1. The molecule has 134 valence electrons. The molecule has 2 amide bonds. The minimum absolute atomic E-state index is 0.0684. The van der Waals surface area contributed by atoms with Crippen molar-refractivity contribution in [3.8, 4) is 0 Å². The predicted molar refractivity (Wildman–Crippen MR) is 92.9 cm³/mol. The molecule has 3 aliphatic rings. The molecule has 4 rings (SSSR count). The van der Waals surface area contributed by atoms with E-state index in [0.29, 0.717) is 13.1 Å². The molecule has 1 aromatic heterocycles. The summed E-state index contributed by atoms with van der Waals surface area (Å²) in [7, 11) is 0. The smallest absolute Gasteiger partial charge is 0.226 e. The van der Waals surface area contributed by atoms with Gasteiger partial charge in [0.1, 0.15) is 0 Å². The number of hydrogen-bond donors (Lipinski definition) is 0. The summed E-state index contributed by atoms with van der Waals surface area (Å²) in [4.78, 5) is 39.7. The molecule has 1 aliphatic carbocycles. The van der Waals surface area contributed by atoms with E-state index in [1.165, 1.54) is 6.42 Å². The first kappa shape index (κ1) is 16.3. The molecule has 7 heteroatoms. The second-order valence-electron chi connectivity index (χ2n) is 7.20. The lowest BCUT2D eigenvalue weighted by Gasteiger charge is -2.35. The van der Waals surface area contributed by atoms with Crippen LogP contribution in [0.3, 0.4) is 0 Å². The molecule has 2 aliphatic heterocycles. The molecular formula is C18H25N5O2. The summed E-state index contributed by atoms with van der Waals surface area (Å²) in [6.07, 6.45) is 7.62. The summed E-state index contributed by atoms with van der Waals surface area (Å²) >= 11 is 0. The molecular weight excluding hydrogens is 318 g/mol. The van der Waals surface area contributed by atoms with Crippen LogP contribution in [0.15, 0.2) is 18.5 Å². The highest BCUT2D eigenvalue weighted by molar-refractivity contribution is 5.92. The lowest BCUT2D eigenvalue weighted by molar-refractivity contribution is -0.138. The van der Waals surface area contributed by atoms with E-state index < -0.39 is 0 Å². The number of nitrogens with zero attached hydrogens (tertiary/aromatic N) is 5. The fourth-order valence-corrected chi connectivity index (χ4v) is 3.91. The lowest BCUT2D eigenvalue weighted by atomic mass is 10.1. The Morgan fingerprint density at radius 3 is 1.96 bits per heavy atom. The van der Waals surface area contributed by atoms with Gasteiger partial charge in [-0.05, 0) is 31.7 Å². The fraction of sp³-hybridized carbons (Fsp3) is 0.667. The number of hydrogen-bond acceptors (Lipinski definition) is 5. The molecule has 1 saturated carbocycles. The maximum Gasteiger partial charge on any atom is 0.226 e. The van der Waals surface area contributed by atoms with Crippen molar-refractivity contribution < 1.29 is 9.59 Å². The third kappa shape index (κ3) is 3.45. The highest BCUT2D eigenvalue weighted by atomic mass is 16.2. The Morgan fingerprint density at radius 1 is 0.800 bits per heavy atom. The van der Waals surface area contributed by atoms with Gasteiger partial charge in [0.05, 0.1) is 11.8 Å². The highest BCUT2D eigenvalue weighted by Crippen LogP contribution is 2.42. The summed E-state index contributed by atoms with van der Waals surface area (Å²) < 4.78 is 0. The zero-order valence-electron chi connectivity index (χ0n) is 14.5. The Balaban J connectivity index is 1.28. The van der Waals surface area contributed by atoms with Crippen LogP contribution in [0.4, 0.5) is 5.95 Å². The minimum atomic E-state index is -0.0889. The van der Waals surface area contributed by atoms with Gasteiger partial charge in [-0.2, -0.15) is 0 Å². The molecule has 25 heavy (non-hydrogen) atoms. The van der Waals surface area contributed by atoms with Crippen molar-refractivity contribution >= 4 is 17.8 Å². The van der Waals surface area contributed by atoms with Gasteiger partial charge < -0.3 is 14.7 Å². The Morgan fingerprint density at radius 2 is 1.36 bits per heavy atom. The third-order valence-electron chi connectivity index (χ3n) is 5.52. The number of anilines is 1. The average Bonchev–Trinajstić information content (AvgIpc) is 3.49. The molecule has 0 radical (unpaired) electrons. The van der Waals surface area contributed by atoms with E-state index in [0.717, 1.165) is 51.4 Å². The normalized spacial score (nSPS) is 26.5. The van der Waals surface area contributed by atoms with Crippen LogP contribution in [0.2, 0.25) is 0 Å². The summed E-state index contributed by atoms with van der Waals surface area (Å²) in [6, 6.07) is 1.80. The number of rotatable bonds is 3. The lowest BCUT2D eigenvalue weighted by Crippen LogP contribution is -2.50. The van der Waals surface area contributed by atoms with Crippen LogP contribution >= 0.6 is 0 Å². The number of carbonyl (C=O) groups excluding carboxylic acids is 2. The van der Waals surface area contributed by atoms with Gasteiger partial charge >= 0.3 is 0 Å². The maximum atomic E-state index is 12.7.